The third-order valence-corrected chi connectivity index (χ3v) is 5.95. The van der Waals surface area contributed by atoms with Crippen molar-refractivity contribution in [1.82, 2.24) is 10.3 Å². The second-order valence-corrected chi connectivity index (χ2v) is 8.52. The lowest BCUT2D eigenvalue weighted by atomic mass is 9.99. The van der Waals surface area contributed by atoms with Gasteiger partial charge >= 0.3 is 5.97 Å². The Balaban J connectivity index is 1.39. The summed E-state index contributed by atoms with van der Waals surface area (Å²) in [4.78, 5) is 30.2. The molecule has 6 heteroatoms. The zero-order valence-corrected chi connectivity index (χ0v) is 19.5. The second-order valence-electron chi connectivity index (χ2n) is 8.08. The SMILES string of the molecule is O=C(COC(=O)c1cc(-c2cccc3ccccc23)nc2ccccc12)NCc1cccc(Cl)c1. The predicted molar refractivity (Wildman–Crippen MR) is 138 cm³/mol. The van der Waals surface area contributed by atoms with Crippen LogP contribution in [0.2, 0.25) is 5.02 Å². The minimum atomic E-state index is -0.581. The van der Waals surface area contributed by atoms with Crippen LogP contribution in [-0.2, 0) is 16.1 Å². The van der Waals surface area contributed by atoms with Gasteiger partial charge in [0.25, 0.3) is 5.91 Å². The van der Waals surface area contributed by atoms with Gasteiger partial charge < -0.3 is 10.1 Å². The van der Waals surface area contributed by atoms with E-state index in [-0.39, 0.29) is 6.61 Å². The maximum atomic E-state index is 13.1. The molecule has 5 nitrogen and oxygen atoms in total. The molecular weight excluding hydrogens is 460 g/mol. The number of benzene rings is 4. The first-order valence-corrected chi connectivity index (χ1v) is 11.5. The molecule has 0 aliphatic carbocycles. The van der Waals surface area contributed by atoms with Crippen LogP contribution >= 0.6 is 11.6 Å². The molecule has 1 heterocycles. The van der Waals surface area contributed by atoms with Crippen LogP contribution in [0, 0.1) is 0 Å². The number of nitrogens with zero attached hydrogens (tertiary/aromatic N) is 1. The average Bonchev–Trinajstić information content (AvgIpc) is 2.89. The summed E-state index contributed by atoms with van der Waals surface area (Å²) in [5, 5.41) is 6.12. The normalized spacial score (nSPS) is 10.9. The first-order valence-electron chi connectivity index (χ1n) is 11.1. The van der Waals surface area contributed by atoms with E-state index in [9.17, 15) is 9.59 Å². The fourth-order valence-electron chi connectivity index (χ4n) is 4.04. The fraction of sp³-hybridized carbons (Fsp3) is 0.0690. The highest BCUT2D eigenvalue weighted by Crippen LogP contribution is 2.30. The molecule has 0 unspecified atom stereocenters. The molecule has 0 aliphatic heterocycles. The molecule has 0 atom stereocenters. The monoisotopic (exact) mass is 480 g/mol. The van der Waals surface area contributed by atoms with Crippen LogP contribution in [0.15, 0.2) is 97.1 Å². The van der Waals surface area contributed by atoms with Gasteiger partial charge in [0.2, 0.25) is 0 Å². The molecular formula is C29H21ClN2O3. The van der Waals surface area contributed by atoms with Gasteiger partial charge in [0.05, 0.1) is 16.8 Å². The lowest BCUT2D eigenvalue weighted by Crippen LogP contribution is -2.28. The van der Waals surface area contributed by atoms with E-state index >= 15 is 0 Å². The summed E-state index contributed by atoms with van der Waals surface area (Å²) in [6, 6.07) is 30.4. The third kappa shape index (κ3) is 5.00. The minimum Gasteiger partial charge on any atom is -0.452 e. The molecule has 0 bridgehead atoms. The summed E-state index contributed by atoms with van der Waals surface area (Å²) in [5.74, 6) is -0.978. The van der Waals surface area contributed by atoms with Gasteiger partial charge in [0.1, 0.15) is 0 Å². The van der Waals surface area contributed by atoms with Gasteiger partial charge in [0, 0.05) is 22.5 Å². The van der Waals surface area contributed by atoms with Crippen molar-refractivity contribution < 1.29 is 14.3 Å². The standard InChI is InChI=1S/C29H21ClN2O3/c30-21-10-5-7-19(15-21)17-31-28(33)18-35-29(34)25-16-27(32-26-14-4-3-12-24(25)26)23-13-6-9-20-8-1-2-11-22(20)23/h1-16H,17-18H2,(H,31,33). The summed E-state index contributed by atoms with van der Waals surface area (Å²) >= 11 is 5.98. The number of aromatic nitrogens is 1. The van der Waals surface area contributed by atoms with Crippen LogP contribution in [0.5, 0.6) is 0 Å². The molecule has 1 aromatic heterocycles. The Kier molecular flexibility index (Phi) is 6.42. The van der Waals surface area contributed by atoms with Crippen molar-refractivity contribution >= 4 is 45.2 Å². The van der Waals surface area contributed by atoms with Gasteiger partial charge in [0.15, 0.2) is 6.61 Å². The summed E-state index contributed by atoms with van der Waals surface area (Å²) in [6.45, 7) is -0.0972. The molecule has 5 aromatic rings. The Morgan fingerprint density at radius 2 is 1.57 bits per heavy atom. The topological polar surface area (TPSA) is 68.3 Å². The van der Waals surface area contributed by atoms with Crippen LogP contribution in [0.3, 0.4) is 0 Å². The molecule has 5 rings (SSSR count). The number of nitrogens with one attached hydrogen (secondary N) is 1. The van der Waals surface area contributed by atoms with Crippen molar-refractivity contribution in [1.29, 1.82) is 0 Å². The third-order valence-electron chi connectivity index (χ3n) is 5.71. The molecule has 0 spiro atoms. The van der Waals surface area contributed by atoms with Gasteiger partial charge in [-0.25, -0.2) is 9.78 Å². The van der Waals surface area contributed by atoms with Gasteiger partial charge in [-0.2, -0.15) is 0 Å². The molecule has 35 heavy (non-hydrogen) atoms. The number of pyridine rings is 1. The van der Waals surface area contributed by atoms with E-state index in [0.29, 0.717) is 33.7 Å². The van der Waals surface area contributed by atoms with E-state index in [0.717, 1.165) is 21.9 Å². The molecule has 0 aliphatic rings. The zero-order valence-electron chi connectivity index (χ0n) is 18.7. The first-order chi connectivity index (χ1) is 17.1. The first kappa shape index (κ1) is 22.6. The number of rotatable bonds is 6. The second kappa shape index (κ2) is 9.95. The molecule has 172 valence electrons. The molecule has 0 radical (unpaired) electrons. The maximum Gasteiger partial charge on any atom is 0.339 e. The molecule has 1 N–H and O–H groups in total. The van der Waals surface area contributed by atoms with E-state index in [4.69, 9.17) is 21.3 Å². The lowest BCUT2D eigenvalue weighted by molar-refractivity contribution is -0.124. The lowest BCUT2D eigenvalue weighted by Gasteiger charge is -2.12. The zero-order chi connectivity index (χ0) is 24.2. The van der Waals surface area contributed by atoms with Crippen molar-refractivity contribution in [3.63, 3.8) is 0 Å². The maximum absolute atomic E-state index is 13.1. The minimum absolute atomic E-state index is 0.292. The van der Waals surface area contributed by atoms with Gasteiger partial charge in [-0.3, -0.25) is 4.79 Å². The van der Waals surface area contributed by atoms with Crippen molar-refractivity contribution in [2.45, 2.75) is 6.54 Å². The van der Waals surface area contributed by atoms with Crippen molar-refractivity contribution in [2.24, 2.45) is 0 Å². The number of amides is 1. The number of carbonyl (C=O) groups excluding carboxylic acids is 2. The Hall–Kier alpha value is -4.22. The van der Waals surface area contributed by atoms with Crippen LogP contribution in [-0.4, -0.2) is 23.5 Å². The van der Waals surface area contributed by atoms with Gasteiger partial charge in [-0.1, -0.05) is 84.4 Å². The number of halogens is 1. The smallest absolute Gasteiger partial charge is 0.339 e. The summed E-state index contributed by atoms with van der Waals surface area (Å²) < 4.78 is 5.38. The van der Waals surface area contributed by atoms with E-state index < -0.39 is 11.9 Å². The van der Waals surface area contributed by atoms with Gasteiger partial charge in [-0.05, 0) is 40.6 Å². The average molecular weight is 481 g/mol. The van der Waals surface area contributed by atoms with Gasteiger partial charge in [-0.15, -0.1) is 0 Å². The number of ether oxygens (including phenoxy) is 1. The molecule has 1 amide bonds. The summed E-state index contributed by atoms with van der Waals surface area (Å²) in [5.41, 5.74) is 3.48. The van der Waals surface area contributed by atoms with E-state index in [1.165, 1.54) is 0 Å². The van der Waals surface area contributed by atoms with E-state index in [2.05, 4.69) is 5.32 Å². The number of esters is 1. The largest absolute Gasteiger partial charge is 0.452 e. The summed E-state index contributed by atoms with van der Waals surface area (Å²) in [6.07, 6.45) is 0. The van der Waals surface area contributed by atoms with Crippen molar-refractivity contribution in [2.75, 3.05) is 6.61 Å². The number of para-hydroxylation sites is 1. The van der Waals surface area contributed by atoms with Crippen LogP contribution in [0.4, 0.5) is 0 Å². The molecule has 4 aromatic carbocycles. The highest BCUT2D eigenvalue weighted by molar-refractivity contribution is 6.30. The highest BCUT2D eigenvalue weighted by Gasteiger charge is 2.17. The molecule has 0 saturated heterocycles. The number of hydrogen-bond acceptors (Lipinski definition) is 4. The van der Waals surface area contributed by atoms with Crippen LogP contribution < -0.4 is 5.32 Å². The molecule has 0 saturated carbocycles. The molecule has 0 fully saturated rings. The van der Waals surface area contributed by atoms with Crippen molar-refractivity contribution in [3.8, 4) is 11.3 Å². The quantitative estimate of drug-likeness (QED) is 0.294. The Labute approximate surface area is 207 Å². The van der Waals surface area contributed by atoms with Crippen LogP contribution in [0.25, 0.3) is 32.9 Å². The van der Waals surface area contributed by atoms with Crippen LogP contribution in [0.1, 0.15) is 15.9 Å². The predicted octanol–water partition coefficient (Wildman–Crippen LogP) is 6.18. The number of hydrogen-bond donors (Lipinski definition) is 1. The summed E-state index contributed by atoms with van der Waals surface area (Å²) in [7, 11) is 0. The van der Waals surface area contributed by atoms with Crippen molar-refractivity contribution in [3.05, 3.63) is 113 Å². The number of fused-ring (bicyclic) bond motifs is 2. The Morgan fingerprint density at radius 1 is 0.829 bits per heavy atom. The Bertz CT molecular complexity index is 1560. The van der Waals surface area contributed by atoms with E-state index in [1.54, 1.807) is 18.2 Å². The fourth-order valence-corrected chi connectivity index (χ4v) is 4.25. The highest BCUT2D eigenvalue weighted by atomic mass is 35.5. The van der Waals surface area contributed by atoms with E-state index in [1.807, 2.05) is 78.9 Å². The number of carbonyl (C=O) groups is 2. The Morgan fingerprint density at radius 3 is 2.43 bits per heavy atom.